The molecule has 4 rings (SSSR count). The third kappa shape index (κ3) is 5.17. The molecular weight excluding hydrogens is 416 g/mol. The van der Waals surface area contributed by atoms with E-state index >= 15 is 0 Å². The molecule has 0 unspecified atom stereocenters. The van der Waals surface area contributed by atoms with Gasteiger partial charge in [-0.05, 0) is 43.7 Å². The van der Waals surface area contributed by atoms with Gasteiger partial charge in [-0.2, -0.15) is 0 Å². The number of rotatable bonds is 9. The maximum atomic E-state index is 12.4. The molecule has 1 saturated heterocycles. The number of fused-ring (bicyclic) bond motifs is 1. The molecule has 9 heteroatoms. The molecule has 3 aromatic rings. The average Bonchev–Trinajstić information content (AvgIpc) is 3.23. The van der Waals surface area contributed by atoms with E-state index in [1.54, 1.807) is 18.2 Å². The minimum absolute atomic E-state index is 0.225. The number of nitrogens with one attached hydrogen (secondary N) is 1. The number of methoxy groups -OCH3 is 1. The first-order valence-corrected chi connectivity index (χ1v) is 12.0. The maximum absolute atomic E-state index is 12.4. The van der Waals surface area contributed by atoms with Gasteiger partial charge in [-0.3, -0.25) is 4.90 Å². The second-order valence-corrected chi connectivity index (χ2v) is 9.38. The molecule has 0 saturated carbocycles. The van der Waals surface area contributed by atoms with Crippen LogP contribution in [-0.2, 0) is 10.0 Å². The molecule has 2 aromatic carbocycles. The van der Waals surface area contributed by atoms with Crippen LogP contribution in [0.25, 0.3) is 11.0 Å². The van der Waals surface area contributed by atoms with Crippen molar-refractivity contribution in [2.24, 2.45) is 0 Å². The lowest BCUT2D eigenvalue weighted by atomic mass is 10.2. The second kappa shape index (κ2) is 9.67. The van der Waals surface area contributed by atoms with Crippen molar-refractivity contribution in [3.05, 3.63) is 48.5 Å². The van der Waals surface area contributed by atoms with Gasteiger partial charge >= 0.3 is 0 Å². The standard InChI is InChI=1S/C22H28N4O4S/c1-29-18-7-6-8-19(17-18)31(27,28)23-11-4-5-12-25-13-15-26(16-14-25)22-20-9-2-3-10-21(20)30-24-22/h2-3,6-10,17,23H,4-5,11-16H2,1H3. The molecular formula is C22H28N4O4S. The molecule has 2 heterocycles. The number of para-hydroxylation sites is 1. The highest BCUT2D eigenvalue weighted by Crippen LogP contribution is 2.26. The molecule has 0 aliphatic carbocycles. The third-order valence-corrected chi connectivity index (χ3v) is 7.03. The number of ether oxygens (including phenoxy) is 1. The van der Waals surface area contributed by atoms with E-state index in [-0.39, 0.29) is 4.90 Å². The van der Waals surface area contributed by atoms with Gasteiger partial charge in [0.1, 0.15) is 5.75 Å². The van der Waals surface area contributed by atoms with Gasteiger partial charge in [-0.15, -0.1) is 0 Å². The number of unbranched alkanes of at least 4 members (excludes halogenated alkanes) is 1. The van der Waals surface area contributed by atoms with Crippen molar-refractivity contribution in [3.8, 4) is 5.75 Å². The lowest BCUT2D eigenvalue weighted by molar-refractivity contribution is 0.252. The maximum Gasteiger partial charge on any atom is 0.240 e. The summed E-state index contributed by atoms with van der Waals surface area (Å²) in [5, 5.41) is 5.30. The van der Waals surface area contributed by atoms with Crippen molar-refractivity contribution >= 4 is 26.8 Å². The van der Waals surface area contributed by atoms with E-state index in [0.717, 1.165) is 62.4 Å². The lowest BCUT2D eigenvalue weighted by Crippen LogP contribution is -2.46. The Hall–Kier alpha value is -2.62. The van der Waals surface area contributed by atoms with Gasteiger partial charge in [0.25, 0.3) is 0 Å². The van der Waals surface area contributed by atoms with Crippen LogP contribution >= 0.6 is 0 Å². The van der Waals surface area contributed by atoms with Gasteiger partial charge in [-0.1, -0.05) is 23.4 Å². The molecule has 0 radical (unpaired) electrons. The largest absolute Gasteiger partial charge is 0.497 e. The molecule has 1 N–H and O–H groups in total. The zero-order valence-corrected chi connectivity index (χ0v) is 18.5. The van der Waals surface area contributed by atoms with E-state index in [4.69, 9.17) is 9.26 Å². The molecule has 1 aliphatic heterocycles. The van der Waals surface area contributed by atoms with E-state index in [0.29, 0.717) is 12.3 Å². The quantitative estimate of drug-likeness (QED) is 0.508. The Morgan fingerprint density at radius 1 is 1.06 bits per heavy atom. The van der Waals surface area contributed by atoms with Gasteiger partial charge in [0.05, 0.1) is 17.4 Å². The van der Waals surface area contributed by atoms with Crippen LogP contribution in [0, 0.1) is 0 Å². The monoisotopic (exact) mass is 444 g/mol. The Bertz CT molecular complexity index is 1110. The fourth-order valence-electron chi connectivity index (χ4n) is 3.80. The fourth-order valence-corrected chi connectivity index (χ4v) is 4.91. The number of benzene rings is 2. The van der Waals surface area contributed by atoms with Crippen LogP contribution < -0.4 is 14.4 Å². The first-order chi connectivity index (χ1) is 15.1. The first-order valence-electron chi connectivity index (χ1n) is 10.5. The van der Waals surface area contributed by atoms with Gasteiger partial charge in [0, 0.05) is 38.8 Å². The van der Waals surface area contributed by atoms with E-state index in [2.05, 4.69) is 19.7 Å². The fraction of sp³-hybridized carbons (Fsp3) is 0.409. The number of sulfonamides is 1. The van der Waals surface area contributed by atoms with Crippen LogP contribution in [0.3, 0.4) is 0 Å². The molecule has 0 bridgehead atoms. The van der Waals surface area contributed by atoms with Gasteiger partial charge < -0.3 is 14.2 Å². The highest BCUT2D eigenvalue weighted by molar-refractivity contribution is 7.89. The molecule has 0 amide bonds. The number of nitrogens with zero attached hydrogens (tertiary/aromatic N) is 3. The summed E-state index contributed by atoms with van der Waals surface area (Å²) in [6, 6.07) is 14.4. The SMILES string of the molecule is COc1cccc(S(=O)(=O)NCCCCN2CCN(c3noc4ccccc34)CC2)c1. The highest BCUT2D eigenvalue weighted by atomic mass is 32.2. The summed E-state index contributed by atoms with van der Waals surface area (Å²) in [7, 11) is -1.99. The number of aromatic nitrogens is 1. The molecule has 1 fully saturated rings. The molecule has 1 aromatic heterocycles. The summed E-state index contributed by atoms with van der Waals surface area (Å²) in [4.78, 5) is 4.91. The van der Waals surface area contributed by atoms with Crippen molar-refractivity contribution in [2.75, 3.05) is 51.3 Å². The summed E-state index contributed by atoms with van der Waals surface area (Å²) < 4.78 is 38.0. The Morgan fingerprint density at radius 3 is 2.68 bits per heavy atom. The van der Waals surface area contributed by atoms with E-state index in [9.17, 15) is 8.42 Å². The van der Waals surface area contributed by atoms with Gasteiger partial charge in [0.15, 0.2) is 11.4 Å². The van der Waals surface area contributed by atoms with Crippen molar-refractivity contribution in [1.82, 2.24) is 14.8 Å². The predicted octanol–water partition coefficient (Wildman–Crippen LogP) is 2.72. The first kappa shape index (κ1) is 21.6. The average molecular weight is 445 g/mol. The predicted molar refractivity (Wildman–Crippen MR) is 120 cm³/mol. The van der Waals surface area contributed by atoms with Crippen molar-refractivity contribution in [1.29, 1.82) is 0 Å². The smallest absolute Gasteiger partial charge is 0.240 e. The zero-order chi connectivity index (χ0) is 21.7. The van der Waals surface area contributed by atoms with Crippen molar-refractivity contribution < 1.29 is 17.7 Å². The van der Waals surface area contributed by atoms with Crippen molar-refractivity contribution in [3.63, 3.8) is 0 Å². The van der Waals surface area contributed by atoms with Crippen LogP contribution in [0.1, 0.15) is 12.8 Å². The number of piperazine rings is 1. The number of hydrogen-bond donors (Lipinski definition) is 1. The topological polar surface area (TPSA) is 87.9 Å². The Morgan fingerprint density at radius 2 is 1.87 bits per heavy atom. The molecule has 31 heavy (non-hydrogen) atoms. The van der Waals surface area contributed by atoms with E-state index in [1.165, 1.54) is 13.2 Å². The Labute approximate surface area is 182 Å². The summed E-state index contributed by atoms with van der Waals surface area (Å²) in [6.07, 6.45) is 1.73. The Balaban J connectivity index is 1.18. The molecule has 166 valence electrons. The second-order valence-electron chi connectivity index (χ2n) is 7.61. The van der Waals surface area contributed by atoms with Crippen LogP contribution in [0.2, 0.25) is 0 Å². The van der Waals surface area contributed by atoms with E-state index < -0.39 is 10.0 Å². The van der Waals surface area contributed by atoms with Crippen LogP contribution in [-0.4, -0.2) is 64.9 Å². The summed E-state index contributed by atoms with van der Waals surface area (Å²) in [5.74, 6) is 1.45. The minimum Gasteiger partial charge on any atom is -0.497 e. The zero-order valence-electron chi connectivity index (χ0n) is 17.7. The molecule has 8 nitrogen and oxygen atoms in total. The normalized spacial score (nSPS) is 15.5. The van der Waals surface area contributed by atoms with Gasteiger partial charge in [0.2, 0.25) is 10.0 Å². The van der Waals surface area contributed by atoms with Crippen LogP contribution in [0.15, 0.2) is 57.9 Å². The summed E-state index contributed by atoms with van der Waals surface area (Å²) >= 11 is 0. The highest BCUT2D eigenvalue weighted by Gasteiger charge is 2.21. The van der Waals surface area contributed by atoms with Crippen molar-refractivity contribution in [2.45, 2.75) is 17.7 Å². The summed E-state index contributed by atoms with van der Waals surface area (Å²) in [6.45, 7) is 5.09. The lowest BCUT2D eigenvalue weighted by Gasteiger charge is -2.34. The number of hydrogen-bond acceptors (Lipinski definition) is 7. The summed E-state index contributed by atoms with van der Waals surface area (Å²) in [5.41, 5.74) is 0.816. The Kier molecular flexibility index (Phi) is 6.74. The molecule has 0 spiro atoms. The molecule has 1 aliphatic rings. The third-order valence-electron chi connectivity index (χ3n) is 5.57. The van der Waals surface area contributed by atoms with Crippen LogP contribution in [0.5, 0.6) is 5.75 Å². The molecule has 0 atom stereocenters. The van der Waals surface area contributed by atoms with E-state index in [1.807, 2.05) is 24.3 Å². The van der Waals surface area contributed by atoms with Gasteiger partial charge in [-0.25, -0.2) is 13.1 Å². The minimum atomic E-state index is -3.51. The van der Waals surface area contributed by atoms with Crippen LogP contribution in [0.4, 0.5) is 5.82 Å². The number of anilines is 1.